The zero-order valence-electron chi connectivity index (χ0n) is 11.4. The minimum atomic E-state index is -0.522. The number of thiocarbonyl (C=S) groups is 1. The van der Waals surface area contributed by atoms with Crippen molar-refractivity contribution in [2.75, 3.05) is 13.1 Å². The van der Waals surface area contributed by atoms with Crippen molar-refractivity contribution in [3.8, 4) is 0 Å². The Morgan fingerprint density at radius 2 is 1.72 bits per heavy atom. The molecule has 3 nitrogen and oxygen atoms in total. The standard InChI is InChI=1S/C14H24N2OS/c1-10-7-11(2)9-16(8-10)13(17)14(12(15)18)5-3-4-6-14/h10-11H,3-9H2,1-2H3,(H2,15,18). The van der Waals surface area contributed by atoms with Gasteiger partial charge in [-0.25, -0.2) is 0 Å². The van der Waals surface area contributed by atoms with Crippen molar-refractivity contribution in [2.45, 2.75) is 46.0 Å². The number of amides is 1. The van der Waals surface area contributed by atoms with E-state index in [9.17, 15) is 4.79 Å². The van der Waals surface area contributed by atoms with Gasteiger partial charge in [-0.05, 0) is 31.1 Å². The molecule has 102 valence electrons. The lowest BCUT2D eigenvalue weighted by molar-refractivity contribution is -0.140. The zero-order chi connectivity index (χ0) is 13.3. The van der Waals surface area contributed by atoms with E-state index in [4.69, 9.17) is 18.0 Å². The first-order valence-electron chi connectivity index (χ1n) is 7.05. The van der Waals surface area contributed by atoms with Crippen LogP contribution in [-0.4, -0.2) is 28.9 Å². The molecule has 0 aromatic rings. The van der Waals surface area contributed by atoms with E-state index in [1.807, 2.05) is 4.90 Å². The van der Waals surface area contributed by atoms with Gasteiger partial charge < -0.3 is 10.6 Å². The first kappa shape index (κ1) is 13.8. The van der Waals surface area contributed by atoms with Gasteiger partial charge in [0.1, 0.15) is 0 Å². The van der Waals surface area contributed by atoms with Crippen LogP contribution in [0, 0.1) is 17.3 Å². The van der Waals surface area contributed by atoms with Crippen LogP contribution in [0.4, 0.5) is 0 Å². The first-order valence-corrected chi connectivity index (χ1v) is 7.46. The second-order valence-electron chi connectivity index (χ2n) is 6.31. The SMILES string of the molecule is CC1CC(C)CN(C(=O)C2(C(N)=S)CCCC2)C1. The van der Waals surface area contributed by atoms with Gasteiger partial charge in [-0.15, -0.1) is 0 Å². The quantitative estimate of drug-likeness (QED) is 0.782. The van der Waals surface area contributed by atoms with Crippen molar-refractivity contribution in [1.29, 1.82) is 0 Å². The lowest BCUT2D eigenvalue weighted by atomic mass is 9.82. The maximum Gasteiger partial charge on any atom is 0.235 e. The van der Waals surface area contributed by atoms with Crippen LogP contribution in [0.5, 0.6) is 0 Å². The van der Waals surface area contributed by atoms with Crippen molar-refractivity contribution in [2.24, 2.45) is 23.0 Å². The van der Waals surface area contributed by atoms with Gasteiger partial charge in [0.15, 0.2) is 0 Å². The van der Waals surface area contributed by atoms with Crippen LogP contribution in [0.25, 0.3) is 0 Å². The number of hydrogen-bond acceptors (Lipinski definition) is 2. The van der Waals surface area contributed by atoms with Crippen LogP contribution in [0.15, 0.2) is 0 Å². The van der Waals surface area contributed by atoms with Crippen LogP contribution in [0.1, 0.15) is 46.0 Å². The van der Waals surface area contributed by atoms with Gasteiger partial charge in [0.05, 0.1) is 10.4 Å². The predicted molar refractivity (Wildman–Crippen MR) is 77.2 cm³/mol. The monoisotopic (exact) mass is 268 g/mol. The molecule has 2 rings (SSSR count). The minimum Gasteiger partial charge on any atom is -0.392 e. The Bertz CT molecular complexity index is 340. The van der Waals surface area contributed by atoms with Gasteiger partial charge in [0.2, 0.25) is 5.91 Å². The Labute approximate surface area is 115 Å². The third-order valence-electron chi connectivity index (χ3n) is 4.49. The summed E-state index contributed by atoms with van der Waals surface area (Å²) in [6, 6.07) is 0. The molecular formula is C14H24N2OS. The van der Waals surface area contributed by atoms with Crippen LogP contribution in [0.3, 0.4) is 0 Å². The second kappa shape index (κ2) is 5.16. The molecule has 2 N–H and O–H groups in total. The summed E-state index contributed by atoms with van der Waals surface area (Å²) in [4.78, 5) is 15.2. The molecule has 0 aromatic carbocycles. The number of nitrogens with two attached hydrogens (primary N) is 1. The molecular weight excluding hydrogens is 244 g/mol. The Kier molecular flexibility index (Phi) is 3.95. The van der Waals surface area contributed by atoms with Gasteiger partial charge in [-0.1, -0.05) is 38.9 Å². The molecule has 1 amide bonds. The summed E-state index contributed by atoms with van der Waals surface area (Å²) in [5.41, 5.74) is 5.37. The molecule has 4 heteroatoms. The van der Waals surface area contributed by atoms with Crippen LogP contribution in [-0.2, 0) is 4.79 Å². The summed E-state index contributed by atoms with van der Waals surface area (Å²) < 4.78 is 0. The van der Waals surface area contributed by atoms with E-state index in [1.165, 1.54) is 6.42 Å². The molecule has 0 aromatic heterocycles. The van der Waals surface area contributed by atoms with Gasteiger partial charge in [-0.3, -0.25) is 4.79 Å². The lowest BCUT2D eigenvalue weighted by Gasteiger charge is -2.40. The van der Waals surface area contributed by atoms with Crippen LogP contribution < -0.4 is 5.73 Å². The van der Waals surface area contributed by atoms with Crippen molar-refractivity contribution < 1.29 is 4.79 Å². The molecule has 2 aliphatic rings. The largest absolute Gasteiger partial charge is 0.392 e. The normalized spacial score (nSPS) is 31.3. The van der Waals surface area contributed by atoms with E-state index in [2.05, 4.69) is 13.8 Å². The fraction of sp³-hybridized carbons (Fsp3) is 0.857. The zero-order valence-corrected chi connectivity index (χ0v) is 12.3. The van der Waals surface area contributed by atoms with Crippen LogP contribution in [0.2, 0.25) is 0 Å². The predicted octanol–water partition coefficient (Wildman–Crippen LogP) is 2.34. The topological polar surface area (TPSA) is 46.3 Å². The number of hydrogen-bond donors (Lipinski definition) is 1. The van der Waals surface area contributed by atoms with E-state index in [-0.39, 0.29) is 5.91 Å². The highest BCUT2D eigenvalue weighted by Gasteiger charge is 2.46. The van der Waals surface area contributed by atoms with E-state index < -0.39 is 5.41 Å². The fourth-order valence-corrected chi connectivity index (χ4v) is 3.97. The highest BCUT2D eigenvalue weighted by atomic mass is 32.1. The number of piperidine rings is 1. The smallest absolute Gasteiger partial charge is 0.235 e. The Morgan fingerprint density at radius 3 is 2.17 bits per heavy atom. The van der Waals surface area contributed by atoms with E-state index >= 15 is 0 Å². The molecule has 1 saturated carbocycles. The lowest BCUT2D eigenvalue weighted by Crippen LogP contribution is -2.53. The number of nitrogens with zero attached hydrogens (tertiary/aromatic N) is 1. The molecule has 1 saturated heterocycles. The molecule has 2 fully saturated rings. The third kappa shape index (κ3) is 2.40. The minimum absolute atomic E-state index is 0.200. The number of likely N-dealkylation sites (tertiary alicyclic amines) is 1. The second-order valence-corrected chi connectivity index (χ2v) is 6.75. The van der Waals surface area contributed by atoms with Gasteiger partial charge >= 0.3 is 0 Å². The summed E-state index contributed by atoms with van der Waals surface area (Å²) in [5, 5.41) is 0. The molecule has 1 aliphatic carbocycles. The van der Waals surface area contributed by atoms with E-state index in [0.29, 0.717) is 16.8 Å². The average Bonchev–Trinajstić information content (AvgIpc) is 2.76. The number of carbonyl (C=O) groups is 1. The van der Waals surface area contributed by atoms with Gasteiger partial charge in [-0.2, -0.15) is 0 Å². The van der Waals surface area contributed by atoms with Crippen molar-refractivity contribution in [1.82, 2.24) is 4.90 Å². The number of carbonyl (C=O) groups excluding carboxylic acids is 1. The van der Waals surface area contributed by atoms with Gasteiger partial charge in [0.25, 0.3) is 0 Å². The molecule has 1 aliphatic heterocycles. The summed E-state index contributed by atoms with van der Waals surface area (Å²) in [7, 11) is 0. The van der Waals surface area contributed by atoms with Crippen molar-refractivity contribution in [3.05, 3.63) is 0 Å². The van der Waals surface area contributed by atoms with Crippen LogP contribution >= 0.6 is 12.2 Å². The molecule has 0 spiro atoms. The molecule has 2 atom stereocenters. The van der Waals surface area contributed by atoms with Crippen molar-refractivity contribution >= 4 is 23.1 Å². The first-order chi connectivity index (χ1) is 8.45. The fourth-order valence-electron chi connectivity index (χ4n) is 3.68. The summed E-state index contributed by atoms with van der Waals surface area (Å²) in [6.07, 6.45) is 5.05. The average molecular weight is 268 g/mol. The van der Waals surface area contributed by atoms with Crippen molar-refractivity contribution in [3.63, 3.8) is 0 Å². The van der Waals surface area contributed by atoms with E-state index in [0.717, 1.165) is 38.8 Å². The third-order valence-corrected chi connectivity index (χ3v) is 4.88. The Hall–Kier alpha value is -0.640. The maximum absolute atomic E-state index is 12.8. The molecule has 18 heavy (non-hydrogen) atoms. The van der Waals surface area contributed by atoms with E-state index in [1.54, 1.807) is 0 Å². The number of rotatable bonds is 2. The highest BCUT2D eigenvalue weighted by Crippen LogP contribution is 2.41. The maximum atomic E-state index is 12.8. The molecule has 1 heterocycles. The summed E-state index contributed by atoms with van der Waals surface area (Å²) >= 11 is 5.20. The molecule has 0 bridgehead atoms. The molecule has 0 radical (unpaired) electrons. The summed E-state index contributed by atoms with van der Waals surface area (Å²) in [5.74, 6) is 1.37. The Morgan fingerprint density at radius 1 is 1.22 bits per heavy atom. The summed E-state index contributed by atoms with van der Waals surface area (Å²) in [6.45, 7) is 6.18. The highest BCUT2D eigenvalue weighted by molar-refractivity contribution is 7.80. The van der Waals surface area contributed by atoms with Gasteiger partial charge in [0, 0.05) is 13.1 Å². The Balaban J connectivity index is 2.16. The molecule has 2 unspecified atom stereocenters.